The third-order valence-electron chi connectivity index (χ3n) is 7.09. The summed E-state index contributed by atoms with van der Waals surface area (Å²) in [5, 5.41) is 4.22. The number of rotatable bonds is 8. The minimum atomic E-state index is -0.158. The molecule has 1 saturated carbocycles. The molecule has 7 nitrogen and oxygen atoms in total. The van der Waals surface area contributed by atoms with Crippen LogP contribution in [0.1, 0.15) is 54.4 Å². The van der Waals surface area contributed by atoms with Gasteiger partial charge in [-0.1, -0.05) is 31.4 Å². The number of hydrogen-bond acceptors (Lipinski definition) is 4. The number of aromatic nitrogens is 1. The Kier molecular flexibility index (Phi) is 8.18. The molecule has 0 bridgehead atoms. The second-order valence-electron chi connectivity index (χ2n) is 9.81. The zero-order chi connectivity index (χ0) is 25.7. The van der Waals surface area contributed by atoms with Crippen molar-refractivity contribution in [2.45, 2.75) is 65.0 Å². The Hall–Kier alpha value is -3.48. The van der Waals surface area contributed by atoms with Crippen LogP contribution in [-0.4, -0.2) is 42.7 Å². The summed E-state index contributed by atoms with van der Waals surface area (Å²) in [4.78, 5) is 31.2. The van der Waals surface area contributed by atoms with Crippen LogP contribution in [0.4, 0.5) is 4.79 Å². The fourth-order valence-corrected chi connectivity index (χ4v) is 5.10. The van der Waals surface area contributed by atoms with Crippen LogP contribution in [0.25, 0.3) is 10.9 Å². The van der Waals surface area contributed by atoms with Gasteiger partial charge in [-0.05, 0) is 74.1 Å². The summed E-state index contributed by atoms with van der Waals surface area (Å²) in [6.45, 7) is 4.77. The number of methoxy groups -OCH3 is 2. The van der Waals surface area contributed by atoms with Crippen LogP contribution < -0.4 is 20.3 Å². The molecule has 3 aromatic rings. The van der Waals surface area contributed by atoms with Crippen LogP contribution in [0.15, 0.2) is 41.2 Å². The number of aromatic amines is 1. The van der Waals surface area contributed by atoms with Gasteiger partial charge in [0.2, 0.25) is 0 Å². The minimum absolute atomic E-state index is 0.123. The van der Waals surface area contributed by atoms with E-state index in [-0.39, 0.29) is 24.2 Å². The number of pyridine rings is 1. The largest absolute Gasteiger partial charge is 0.493 e. The third-order valence-corrected chi connectivity index (χ3v) is 7.09. The molecular weight excluding hydrogens is 454 g/mol. The lowest BCUT2D eigenvalue weighted by Gasteiger charge is -2.28. The summed E-state index contributed by atoms with van der Waals surface area (Å²) in [5.74, 6) is 1.33. The topological polar surface area (TPSA) is 83.7 Å². The summed E-state index contributed by atoms with van der Waals surface area (Å²) in [7, 11) is 3.22. The Labute approximate surface area is 212 Å². The van der Waals surface area contributed by atoms with E-state index in [2.05, 4.69) is 16.4 Å². The van der Waals surface area contributed by atoms with Gasteiger partial charge >= 0.3 is 6.03 Å². The molecule has 0 saturated heterocycles. The predicted molar refractivity (Wildman–Crippen MR) is 143 cm³/mol. The Morgan fingerprint density at radius 2 is 1.78 bits per heavy atom. The number of carbonyl (C=O) groups is 1. The molecule has 0 unspecified atom stereocenters. The van der Waals surface area contributed by atoms with Gasteiger partial charge in [0.05, 0.1) is 20.8 Å². The molecule has 1 fully saturated rings. The molecule has 2 aromatic carbocycles. The van der Waals surface area contributed by atoms with Crippen molar-refractivity contribution in [3.05, 3.63) is 69.0 Å². The van der Waals surface area contributed by atoms with E-state index < -0.39 is 0 Å². The third kappa shape index (κ3) is 6.01. The Balaban J connectivity index is 1.58. The van der Waals surface area contributed by atoms with Crippen molar-refractivity contribution in [1.29, 1.82) is 0 Å². The maximum atomic E-state index is 13.4. The second kappa shape index (κ2) is 11.5. The average Bonchev–Trinajstić information content (AvgIpc) is 2.87. The lowest BCUT2D eigenvalue weighted by atomic mass is 9.96. The van der Waals surface area contributed by atoms with Gasteiger partial charge in [-0.3, -0.25) is 4.79 Å². The zero-order valence-corrected chi connectivity index (χ0v) is 21.8. The summed E-state index contributed by atoms with van der Waals surface area (Å²) in [6, 6.07) is 11.9. The van der Waals surface area contributed by atoms with E-state index in [9.17, 15) is 9.59 Å². The number of nitrogens with one attached hydrogen (secondary N) is 2. The molecule has 4 rings (SSSR count). The summed E-state index contributed by atoms with van der Waals surface area (Å²) < 4.78 is 10.8. The quantitative estimate of drug-likeness (QED) is 0.451. The maximum absolute atomic E-state index is 13.4. The van der Waals surface area contributed by atoms with Gasteiger partial charge in [-0.2, -0.15) is 0 Å². The van der Waals surface area contributed by atoms with Crippen molar-refractivity contribution in [2.24, 2.45) is 0 Å². The minimum Gasteiger partial charge on any atom is -0.493 e. The summed E-state index contributed by atoms with van der Waals surface area (Å²) in [6.07, 6.45) is 6.14. The van der Waals surface area contributed by atoms with Gasteiger partial charge in [0.15, 0.2) is 11.5 Å². The van der Waals surface area contributed by atoms with Crippen LogP contribution >= 0.6 is 0 Å². The average molecular weight is 492 g/mol. The Morgan fingerprint density at radius 1 is 1.03 bits per heavy atom. The van der Waals surface area contributed by atoms with E-state index in [4.69, 9.17) is 9.47 Å². The summed E-state index contributed by atoms with van der Waals surface area (Å²) in [5.41, 5.74) is 4.49. The van der Waals surface area contributed by atoms with Gasteiger partial charge < -0.3 is 24.7 Å². The van der Waals surface area contributed by atoms with Crippen molar-refractivity contribution in [3.8, 4) is 11.5 Å². The number of urea groups is 1. The number of nitrogens with zero attached hydrogens (tertiary/aromatic N) is 1. The van der Waals surface area contributed by atoms with Crippen LogP contribution in [-0.2, 0) is 13.0 Å². The highest BCUT2D eigenvalue weighted by Gasteiger charge is 2.21. The first-order valence-electron chi connectivity index (χ1n) is 12.8. The fourth-order valence-electron chi connectivity index (χ4n) is 5.10. The highest BCUT2D eigenvalue weighted by Crippen LogP contribution is 2.28. The monoisotopic (exact) mass is 491 g/mol. The van der Waals surface area contributed by atoms with Crippen molar-refractivity contribution >= 4 is 16.9 Å². The molecule has 2 N–H and O–H groups in total. The van der Waals surface area contributed by atoms with Crippen LogP contribution in [0.5, 0.6) is 11.5 Å². The number of ether oxygens (including phenoxy) is 2. The first-order valence-corrected chi connectivity index (χ1v) is 12.8. The number of benzene rings is 2. The van der Waals surface area contributed by atoms with E-state index in [1.807, 2.05) is 44.2 Å². The highest BCUT2D eigenvalue weighted by molar-refractivity contribution is 5.83. The lowest BCUT2D eigenvalue weighted by Crippen LogP contribution is -2.46. The predicted octanol–water partition coefficient (Wildman–Crippen LogP) is 5.25. The van der Waals surface area contributed by atoms with Gasteiger partial charge in [0.25, 0.3) is 5.56 Å². The van der Waals surface area contributed by atoms with Gasteiger partial charge in [-0.15, -0.1) is 0 Å². The highest BCUT2D eigenvalue weighted by atomic mass is 16.5. The molecule has 1 aromatic heterocycles. The van der Waals surface area contributed by atoms with Crippen molar-refractivity contribution in [3.63, 3.8) is 0 Å². The second-order valence-corrected chi connectivity index (χ2v) is 9.81. The van der Waals surface area contributed by atoms with Crippen molar-refractivity contribution in [1.82, 2.24) is 15.2 Å². The van der Waals surface area contributed by atoms with E-state index in [0.717, 1.165) is 53.3 Å². The standard InChI is InChI=1S/C29H37N3O4/c1-19-14-20(2)24-17-22(28(33)31-25(24)15-19)18-32(29(34)30-23-8-6-5-7-9-23)13-12-21-10-11-26(35-3)27(16-21)36-4/h10-11,14-17,23H,5-9,12-13,18H2,1-4H3,(H,30,34)(H,31,33). The number of hydrogen-bond donors (Lipinski definition) is 2. The first-order chi connectivity index (χ1) is 17.4. The van der Waals surface area contributed by atoms with E-state index in [1.165, 1.54) is 6.42 Å². The molecular formula is C29H37N3O4. The van der Waals surface area contributed by atoms with Crippen LogP contribution in [0, 0.1) is 13.8 Å². The Bertz CT molecular complexity index is 1280. The molecule has 0 atom stereocenters. The van der Waals surface area contributed by atoms with Crippen LogP contribution in [0.2, 0.25) is 0 Å². The van der Waals surface area contributed by atoms with E-state index in [1.54, 1.807) is 19.1 Å². The summed E-state index contributed by atoms with van der Waals surface area (Å²) >= 11 is 0. The molecule has 1 aliphatic rings. The number of fused-ring (bicyclic) bond motifs is 1. The molecule has 1 aliphatic carbocycles. The first kappa shape index (κ1) is 25.6. The number of carbonyl (C=O) groups excluding carboxylic acids is 1. The number of aryl methyl sites for hydroxylation is 2. The lowest BCUT2D eigenvalue weighted by molar-refractivity contribution is 0.187. The normalized spacial score (nSPS) is 14.0. The van der Waals surface area contributed by atoms with E-state index in [0.29, 0.717) is 30.0 Å². The maximum Gasteiger partial charge on any atom is 0.317 e. The van der Waals surface area contributed by atoms with Gasteiger partial charge in [0, 0.05) is 29.1 Å². The van der Waals surface area contributed by atoms with E-state index >= 15 is 0 Å². The molecule has 192 valence electrons. The Morgan fingerprint density at radius 3 is 2.50 bits per heavy atom. The molecule has 36 heavy (non-hydrogen) atoms. The van der Waals surface area contributed by atoms with Crippen molar-refractivity contribution < 1.29 is 14.3 Å². The van der Waals surface area contributed by atoms with Crippen LogP contribution in [0.3, 0.4) is 0 Å². The smallest absolute Gasteiger partial charge is 0.317 e. The zero-order valence-electron chi connectivity index (χ0n) is 21.8. The molecule has 7 heteroatoms. The molecule has 0 spiro atoms. The fraction of sp³-hybridized carbons (Fsp3) is 0.448. The van der Waals surface area contributed by atoms with Gasteiger partial charge in [-0.25, -0.2) is 4.79 Å². The van der Waals surface area contributed by atoms with Crippen molar-refractivity contribution in [2.75, 3.05) is 20.8 Å². The molecule has 1 heterocycles. The van der Waals surface area contributed by atoms with Gasteiger partial charge in [0.1, 0.15) is 0 Å². The molecule has 2 amide bonds. The number of amides is 2. The number of H-pyrrole nitrogens is 1. The molecule has 0 radical (unpaired) electrons. The molecule has 0 aliphatic heterocycles. The SMILES string of the molecule is COc1ccc(CCN(Cc2cc3c(C)cc(C)cc3[nH]c2=O)C(=O)NC2CCCCC2)cc1OC.